The first-order chi connectivity index (χ1) is 9.45. The number of hydrogen-bond donors (Lipinski definition) is 1. The maximum absolute atomic E-state index is 12.0. The molecule has 1 amide bonds. The third kappa shape index (κ3) is 4.58. The molecule has 0 aliphatic rings. The summed E-state index contributed by atoms with van der Waals surface area (Å²) in [5.74, 6) is -1.04. The molecule has 1 rings (SSSR count). The first-order valence-corrected chi connectivity index (χ1v) is 7.34. The van der Waals surface area contributed by atoms with E-state index < -0.39 is 28.7 Å². The van der Waals surface area contributed by atoms with E-state index in [2.05, 4.69) is 0 Å². The van der Waals surface area contributed by atoms with Crippen LogP contribution in [0.25, 0.3) is 0 Å². The number of nitrogens with zero attached hydrogens (tertiary/aromatic N) is 1. The van der Waals surface area contributed by atoms with Crippen molar-refractivity contribution in [1.29, 1.82) is 0 Å². The Kier molecular flexibility index (Phi) is 5.24. The molecule has 0 atom stereocenters. The molecule has 1 aromatic carbocycles. The zero-order valence-electron chi connectivity index (χ0n) is 11.0. The van der Waals surface area contributed by atoms with Crippen LogP contribution in [-0.2, 0) is 10.0 Å². The molecule has 0 aliphatic carbocycles. The highest BCUT2D eigenvalue weighted by Gasteiger charge is 2.28. The largest absolute Gasteiger partial charge is 0.405 e. The fourth-order valence-corrected chi connectivity index (χ4v) is 2.72. The van der Waals surface area contributed by atoms with Gasteiger partial charge in [0.15, 0.2) is 0 Å². The van der Waals surface area contributed by atoms with Crippen LogP contribution >= 0.6 is 11.6 Å². The van der Waals surface area contributed by atoms with E-state index in [1.165, 1.54) is 14.1 Å². The predicted molar refractivity (Wildman–Crippen MR) is 70.7 cm³/mol. The minimum absolute atomic E-state index is 0.129. The second-order valence-corrected chi connectivity index (χ2v) is 6.76. The normalized spacial score (nSPS) is 12.5. The maximum Gasteiger partial charge on any atom is 0.405 e. The molecule has 0 bridgehead atoms. The molecule has 1 aromatic rings. The van der Waals surface area contributed by atoms with E-state index in [9.17, 15) is 26.4 Å². The highest BCUT2D eigenvalue weighted by Crippen LogP contribution is 2.25. The quantitative estimate of drug-likeness (QED) is 0.907. The van der Waals surface area contributed by atoms with Crippen LogP contribution in [-0.4, -0.2) is 45.4 Å². The van der Waals surface area contributed by atoms with Gasteiger partial charge < -0.3 is 5.32 Å². The third-order valence-electron chi connectivity index (χ3n) is 2.40. The van der Waals surface area contributed by atoms with Crippen LogP contribution in [0.15, 0.2) is 23.1 Å². The summed E-state index contributed by atoms with van der Waals surface area (Å²) in [5.41, 5.74) is -0.232. The van der Waals surface area contributed by atoms with E-state index >= 15 is 0 Å². The van der Waals surface area contributed by atoms with Gasteiger partial charge in [-0.3, -0.25) is 4.79 Å². The number of sulfonamides is 1. The maximum atomic E-state index is 12.0. The number of alkyl halides is 3. The van der Waals surface area contributed by atoms with Gasteiger partial charge in [-0.2, -0.15) is 13.2 Å². The molecule has 1 N–H and O–H groups in total. The molecule has 5 nitrogen and oxygen atoms in total. The minimum Gasteiger partial charge on any atom is -0.343 e. The average molecular weight is 345 g/mol. The van der Waals surface area contributed by atoms with Crippen molar-refractivity contribution in [2.75, 3.05) is 20.6 Å². The van der Waals surface area contributed by atoms with Crippen molar-refractivity contribution in [1.82, 2.24) is 9.62 Å². The van der Waals surface area contributed by atoms with Crippen molar-refractivity contribution in [2.24, 2.45) is 0 Å². The van der Waals surface area contributed by atoms with Crippen molar-refractivity contribution in [3.05, 3.63) is 28.8 Å². The lowest BCUT2D eigenvalue weighted by Crippen LogP contribution is -2.33. The molecule has 118 valence electrons. The third-order valence-corrected chi connectivity index (χ3v) is 4.70. The average Bonchev–Trinajstić information content (AvgIpc) is 2.35. The molecule has 0 heterocycles. The van der Waals surface area contributed by atoms with Gasteiger partial charge >= 0.3 is 6.18 Å². The molecule has 0 aliphatic heterocycles. The SMILES string of the molecule is CN(C)S(=O)(=O)c1cc(C(=O)NCC(F)(F)F)ccc1Cl. The Morgan fingerprint density at radius 1 is 1.33 bits per heavy atom. The summed E-state index contributed by atoms with van der Waals surface area (Å²) < 4.78 is 60.9. The van der Waals surface area contributed by atoms with Crippen molar-refractivity contribution < 1.29 is 26.4 Å². The van der Waals surface area contributed by atoms with Gasteiger partial charge in [-0.15, -0.1) is 0 Å². The number of benzene rings is 1. The highest BCUT2D eigenvalue weighted by molar-refractivity contribution is 7.89. The molecule has 0 saturated carbocycles. The first-order valence-electron chi connectivity index (χ1n) is 5.52. The van der Waals surface area contributed by atoms with Gasteiger partial charge in [-0.25, -0.2) is 12.7 Å². The van der Waals surface area contributed by atoms with E-state index in [1.54, 1.807) is 5.32 Å². The number of amides is 1. The van der Waals surface area contributed by atoms with E-state index in [0.717, 1.165) is 22.5 Å². The lowest BCUT2D eigenvalue weighted by atomic mass is 10.2. The molecule has 0 spiro atoms. The van der Waals surface area contributed by atoms with Crippen molar-refractivity contribution >= 4 is 27.5 Å². The molecule has 21 heavy (non-hydrogen) atoms. The van der Waals surface area contributed by atoms with Crippen LogP contribution in [0.2, 0.25) is 5.02 Å². The van der Waals surface area contributed by atoms with Crippen LogP contribution in [0.4, 0.5) is 13.2 Å². The van der Waals surface area contributed by atoms with Crippen LogP contribution in [0, 0.1) is 0 Å². The fraction of sp³-hybridized carbons (Fsp3) is 0.364. The summed E-state index contributed by atoms with van der Waals surface area (Å²) in [6.45, 7) is -1.51. The number of rotatable bonds is 4. The Bertz CT molecular complexity index is 645. The fourth-order valence-electron chi connectivity index (χ4n) is 1.32. The van der Waals surface area contributed by atoms with Crippen LogP contribution in [0.5, 0.6) is 0 Å². The summed E-state index contributed by atoms with van der Waals surface area (Å²) in [6, 6.07) is 3.21. The molecule has 0 saturated heterocycles. The second-order valence-electron chi connectivity index (χ2n) is 4.23. The van der Waals surface area contributed by atoms with Crippen molar-refractivity contribution in [3.63, 3.8) is 0 Å². The summed E-state index contributed by atoms with van der Waals surface area (Å²) in [5, 5.41) is 1.52. The number of halogens is 4. The zero-order valence-corrected chi connectivity index (χ0v) is 12.6. The highest BCUT2D eigenvalue weighted by atomic mass is 35.5. The predicted octanol–water partition coefficient (Wildman–Crippen LogP) is 1.88. The van der Waals surface area contributed by atoms with E-state index in [0.29, 0.717) is 0 Å². The zero-order chi connectivity index (χ0) is 16.4. The monoisotopic (exact) mass is 344 g/mol. The van der Waals surface area contributed by atoms with Crippen molar-refractivity contribution in [2.45, 2.75) is 11.1 Å². The minimum atomic E-state index is -4.55. The van der Waals surface area contributed by atoms with Gasteiger partial charge in [0.2, 0.25) is 10.0 Å². The number of hydrogen-bond acceptors (Lipinski definition) is 3. The van der Waals surface area contributed by atoms with E-state index in [-0.39, 0.29) is 15.5 Å². The molecule has 0 aromatic heterocycles. The van der Waals surface area contributed by atoms with Gasteiger partial charge in [-0.05, 0) is 18.2 Å². The Morgan fingerprint density at radius 3 is 2.38 bits per heavy atom. The number of nitrogens with one attached hydrogen (secondary N) is 1. The second kappa shape index (κ2) is 6.20. The smallest absolute Gasteiger partial charge is 0.343 e. The molecule has 0 radical (unpaired) electrons. The molecule has 0 fully saturated rings. The van der Waals surface area contributed by atoms with E-state index in [4.69, 9.17) is 11.6 Å². The van der Waals surface area contributed by atoms with Crippen LogP contribution in [0.3, 0.4) is 0 Å². The van der Waals surface area contributed by atoms with Crippen molar-refractivity contribution in [3.8, 4) is 0 Å². The summed E-state index contributed by atoms with van der Waals surface area (Å²) in [6.07, 6.45) is -4.55. The molecular weight excluding hydrogens is 333 g/mol. The first kappa shape index (κ1) is 17.7. The Hall–Kier alpha value is -1.32. The van der Waals surface area contributed by atoms with Crippen LogP contribution < -0.4 is 5.32 Å². The summed E-state index contributed by atoms with van der Waals surface area (Å²) in [7, 11) is -1.38. The molecular formula is C11H12ClF3N2O3S. The lowest BCUT2D eigenvalue weighted by Gasteiger charge is -2.14. The topological polar surface area (TPSA) is 66.5 Å². The Balaban J connectivity index is 3.11. The summed E-state index contributed by atoms with van der Waals surface area (Å²) >= 11 is 5.76. The van der Waals surface area contributed by atoms with Gasteiger partial charge in [0.1, 0.15) is 11.4 Å². The van der Waals surface area contributed by atoms with E-state index in [1.807, 2.05) is 0 Å². The van der Waals surface area contributed by atoms with Gasteiger partial charge in [-0.1, -0.05) is 11.6 Å². The standard InChI is InChI=1S/C11H12ClF3N2O3S/c1-17(2)21(19,20)9-5-7(3-4-8(9)12)10(18)16-6-11(13,14)15/h3-5H,6H2,1-2H3,(H,16,18). The summed E-state index contributed by atoms with van der Waals surface area (Å²) in [4.78, 5) is 11.2. The lowest BCUT2D eigenvalue weighted by molar-refractivity contribution is -0.123. The van der Waals surface area contributed by atoms with Gasteiger partial charge in [0.05, 0.1) is 5.02 Å². The number of carbonyl (C=O) groups excluding carboxylic acids is 1. The molecule has 10 heteroatoms. The van der Waals surface area contributed by atoms with Crippen LogP contribution in [0.1, 0.15) is 10.4 Å². The number of carbonyl (C=O) groups is 1. The molecule has 0 unspecified atom stereocenters. The van der Waals surface area contributed by atoms with Gasteiger partial charge in [0.25, 0.3) is 5.91 Å². The Labute approximate surface area is 124 Å². The Morgan fingerprint density at radius 2 is 1.90 bits per heavy atom. The van der Waals surface area contributed by atoms with Gasteiger partial charge in [0, 0.05) is 19.7 Å².